The van der Waals surface area contributed by atoms with Crippen LogP contribution in [0, 0.1) is 18.3 Å². The third-order valence-electron chi connectivity index (χ3n) is 3.70. The Labute approximate surface area is 148 Å². The van der Waals surface area contributed by atoms with Gasteiger partial charge >= 0.3 is 0 Å². The van der Waals surface area contributed by atoms with Crippen molar-refractivity contribution in [3.63, 3.8) is 0 Å². The first-order valence-electron chi connectivity index (χ1n) is 7.43. The largest absolute Gasteiger partial charge is 0.318 e. The Hall–Kier alpha value is -3.24. The van der Waals surface area contributed by atoms with Gasteiger partial charge < -0.3 is 4.57 Å². The minimum Gasteiger partial charge on any atom is -0.318 e. The molecule has 7 heteroatoms. The summed E-state index contributed by atoms with van der Waals surface area (Å²) < 4.78 is 1.35. The molecule has 0 aliphatic carbocycles. The number of benzene rings is 1. The standard InChI is InChI=1S/C18H14N4O2S/c1-11-7-12(8-19)3-5-14(11)15-9-20-18(25-15)21-17(24)13-4-6-16(23)22(2)10-13/h3-7,9-10H,1-2H3,(H,20,21,24). The smallest absolute Gasteiger partial charge is 0.258 e. The molecule has 0 atom stereocenters. The minimum atomic E-state index is -0.326. The van der Waals surface area contributed by atoms with E-state index in [1.54, 1.807) is 19.3 Å². The van der Waals surface area contributed by atoms with Crippen LogP contribution < -0.4 is 10.9 Å². The van der Waals surface area contributed by atoms with Crippen molar-refractivity contribution in [2.45, 2.75) is 6.92 Å². The number of aromatic nitrogens is 2. The van der Waals surface area contributed by atoms with Crippen molar-refractivity contribution in [1.82, 2.24) is 9.55 Å². The van der Waals surface area contributed by atoms with E-state index in [2.05, 4.69) is 16.4 Å². The molecular formula is C18H14N4O2S. The second-order valence-corrected chi connectivity index (χ2v) is 6.52. The topological polar surface area (TPSA) is 87.8 Å². The quantitative estimate of drug-likeness (QED) is 0.787. The maximum Gasteiger partial charge on any atom is 0.258 e. The van der Waals surface area contributed by atoms with Crippen LogP contribution in [0.25, 0.3) is 10.4 Å². The van der Waals surface area contributed by atoms with Crippen LogP contribution in [0.15, 0.2) is 47.5 Å². The Morgan fingerprint density at radius 1 is 1.32 bits per heavy atom. The van der Waals surface area contributed by atoms with Crippen molar-refractivity contribution < 1.29 is 4.79 Å². The molecule has 0 radical (unpaired) electrons. The molecule has 2 aromatic heterocycles. The summed E-state index contributed by atoms with van der Waals surface area (Å²) >= 11 is 1.35. The third-order valence-corrected chi connectivity index (χ3v) is 4.64. The predicted octanol–water partition coefficient (Wildman–Crippen LogP) is 2.94. The summed E-state index contributed by atoms with van der Waals surface area (Å²) in [6, 6.07) is 10.4. The van der Waals surface area contributed by atoms with Gasteiger partial charge in [0.25, 0.3) is 5.91 Å². The highest BCUT2D eigenvalue weighted by Gasteiger charge is 2.12. The zero-order chi connectivity index (χ0) is 18.0. The second kappa shape index (κ2) is 6.71. The minimum absolute atomic E-state index is 0.177. The van der Waals surface area contributed by atoms with Crippen LogP contribution in [0.5, 0.6) is 0 Å². The summed E-state index contributed by atoms with van der Waals surface area (Å²) in [5.74, 6) is -0.326. The number of hydrogen-bond acceptors (Lipinski definition) is 5. The Morgan fingerprint density at radius 3 is 2.80 bits per heavy atom. The van der Waals surface area contributed by atoms with E-state index in [0.717, 1.165) is 16.0 Å². The van der Waals surface area contributed by atoms with Crippen LogP contribution in [0.4, 0.5) is 5.13 Å². The van der Waals surface area contributed by atoms with E-state index in [0.29, 0.717) is 16.3 Å². The number of nitrogens with one attached hydrogen (secondary N) is 1. The molecule has 0 aliphatic heterocycles. The van der Waals surface area contributed by atoms with Crippen LogP contribution in [0.2, 0.25) is 0 Å². The fourth-order valence-electron chi connectivity index (χ4n) is 2.36. The first kappa shape index (κ1) is 16.6. The summed E-state index contributed by atoms with van der Waals surface area (Å²) in [5, 5.41) is 12.2. The zero-order valence-electron chi connectivity index (χ0n) is 13.6. The number of carbonyl (C=O) groups excluding carboxylic acids is 1. The predicted molar refractivity (Wildman–Crippen MR) is 96.6 cm³/mol. The molecule has 0 aliphatic rings. The van der Waals surface area contributed by atoms with Gasteiger partial charge in [-0.2, -0.15) is 5.26 Å². The number of thiazole rings is 1. The van der Waals surface area contributed by atoms with E-state index in [1.165, 1.54) is 34.2 Å². The number of carbonyl (C=O) groups is 1. The van der Waals surface area contributed by atoms with E-state index in [4.69, 9.17) is 5.26 Å². The molecule has 124 valence electrons. The van der Waals surface area contributed by atoms with Crippen LogP contribution in [-0.2, 0) is 7.05 Å². The van der Waals surface area contributed by atoms with Crippen LogP contribution >= 0.6 is 11.3 Å². The number of rotatable bonds is 3. The lowest BCUT2D eigenvalue weighted by Crippen LogP contribution is -2.19. The Balaban J connectivity index is 1.82. The number of anilines is 1. The van der Waals surface area contributed by atoms with Crippen LogP contribution in [0.1, 0.15) is 21.5 Å². The Bertz CT molecular complexity index is 1060. The molecule has 0 unspecified atom stereocenters. The van der Waals surface area contributed by atoms with Gasteiger partial charge in [0.15, 0.2) is 5.13 Å². The molecule has 0 fully saturated rings. The molecule has 3 rings (SSSR count). The fourth-order valence-corrected chi connectivity index (χ4v) is 3.27. The molecule has 3 aromatic rings. The van der Waals surface area contributed by atoms with E-state index < -0.39 is 0 Å². The summed E-state index contributed by atoms with van der Waals surface area (Å²) in [6.45, 7) is 1.93. The zero-order valence-corrected chi connectivity index (χ0v) is 14.4. The SMILES string of the molecule is Cc1cc(C#N)ccc1-c1cnc(NC(=O)c2ccc(=O)n(C)c2)s1. The molecule has 6 nitrogen and oxygen atoms in total. The molecular weight excluding hydrogens is 336 g/mol. The average molecular weight is 350 g/mol. The monoisotopic (exact) mass is 350 g/mol. The summed E-state index contributed by atoms with van der Waals surface area (Å²) in [7, 11) is 1.59. The van der Waals surface area contributed by atoms with Gasteiger partial charge in [-0.15, -0.1) is 0 Å². The summed E-state index contributed by atoms with van der Waals surface area (Å²) in [6.07, 6.45) is 3.17. The van der Waals surface area contributed by atoms with Gasteiger partial charge in [0.2, 0.25) is 5.56 Å². The van der Waals surface area contributed by atoms with Crippen molar-refractivity contribution >= 4 is 22.4 Å². The molecule has 0 saturated carbocycles. The number of amides is 1. The van der Waals surface area contributed by atoms with Gasteiger partial charge in [-0.05, 0) is 36.2 Å². The van der Waals surface area contributed by atoms with Crippen molar-refractivity contribution in [3.05, 3.63) is 69.8 Å². The van der Waals surface area contributed by atoms with Crippen molar-refractivity contribution in [1.29, 1.82) is 5.26 Å². The van der Waals surface area contributed by atoms with Gasteiger partial charge in [0.05, 0.1) is 22.1 Å². The molecule has 0 bridgehead atoms. The fraction of sp³-hybridized carbons (Fsp3) is 0.111. The number of hydrogen-bond donors (Lipinski definition) is 1. The summed E-state index contributed by atoms with van der Waals surface area (Å²) in [5.41, 5.74) is 2.75. The number of nitriles is 1. The van der Waals surface area contributed by atoms with Gasteiger partial charge in [-0.1, -0.05) is 17.4 Å². The van der Waals surface area contributed by atoms with Crippen molar-refractivity contribution in [3.8, 4) is 16.5 Å². The van der Waals surface area contributed by atoms with Gasteiger partial charge in [0, 0.05) is 25.5 Å². The Kier molecular flexibility index (Phi) is 4.46. The first-order chi connectivity index (χ1) is 12.0. The number of nitrogens with zero attached hydrogens (tertiary/aromatic N) is 3. The molecule has 0 saturated heterocycles. The van der Waals surface area contributed by atoms with E-state index in [9.17, 15) is 9.59 Å². The van der Waals surface area contributed by atoms with Gasteiger partial charge in [-0.25, -0.2) is 4.98 Å². The molecule has 1 aromatic carbocycles. The Morgan fingerprint density at radius 2 is 2.12 bits per heavy atom. The lowest BCUT2D eigenvalue weighted by Gasteiger charge is -2.04. The van der Waals surface area contributed by atoms with E-state index >= 15 is 0 Å². The lowest BCUT2D eigenvalue weighted by atomic mass is 10.1. The lowest BCUT2D eigenvalue weighted by molar-refractivity contribution is 0.102. The summed E-state index contributed by atoms with van der Waals surface area (Å²) in [4.78, 5) is 28.8. The molecule has 0 spiro atoms. The maximum atomic E-state index is 12.3. The highest BCUT2D eigenvalue weighted by Crippen LogP contribution is 2.31. The molecule has 1 amide bonds. The maximum absolute atomic E-state index is 12.3. The van der Waals surface area contributed by atoms with Crippen molar-refractivity contribution in [2.24, 2.45) is 7.05 Å². The third kappa shape index (κ3) is 3.49. The van der Waals surface area contributed by atoms with Gasteiger partial charge in [0.1, 0.15) is 0 Å². The first-order valence-corrected chi connectivity index (χ1v) is 8.24. The number of aryl methyl sites for hydroxylation is 2. The van der Waals surface area contributed by atoms with Crippen LogP contribution in [0.3, 0.4) is 0 Å². The van der Waals surface area contributed by atoms with E-state index in [1.807, 2.05) is 19.1 Å². The normalized spacial score (nSPS) is 10.3. The van der Waals surface area contributed by atoms with E-state index in [-0.39, 0.29) is 11.5 Å². The highest BCUT2D eigenvalue weighted by atomic mass is 32.1. The van der Waals surface area contributed by atoms with Gasteiger partial charge in [-0.3, -0.25) is 14.9 Å². The molecule has 1 N–H and O–H groups in total. The number of pyridine rings is 1. The average Bonchev–Trinajstić information content (AvgIpc) is 3.05. The van der Waals surface area contributed by atoms with Crippen LogP contribution in [-0.4, -0.2) is 15.5 Å². The molecule has 25 heavy (non-hydrogen) atoms. The molecule has 2 heterocycles. The van der Waals surface area contributed by atoms with Crippen molar-refractivity contribution in [2.75, 3.05) is 5.32 Å². The highest BCUT2D eigenvalue weighted by molar-refractivity contribution is 7.19. The second-order valence-electron chi connectivity index (χ2n) is 5.49.